The molecule has 1 aliphatic carbocycles. The third-order valence-electron chi connectivity index (χ3n) is 4.34. The molecular formula is C18H30N4O. The van der Waals surface area contributed by atoms with Crippen LogP contribution in [0.4, 0.5) is 0 Å². The molecule has 2 rings (SSSR count). The normalized spacial score (nSPS) is 17.7. The van der Waals surface area contributed by atoms with Gasteiger partial charge in [0.25, 0.3) is 0 Å². The van der Waals surface area contributed by atoms with E-state index in [0.717, 1.165) is 44.1 Å². The molecule has 0 bridgehead atoms. The van der Waals surface area contributed by atoms with Crippen LogP contribution in [0.3, 0.4) is 0 Å². The van der Waals surface area contributed by atoms with Crippen LogP contribution in [-0.4, -0.2) is 36.7 Å². The average molecular weight is 318 g/mol. The predicted octanol–water partition coefficient (Wildman–Crippen LogP) is 2.88. The van der Waals surface area contributed by atoms with Gasteiger partial charge in [-0.2, -0.15) is 0 Å². The van der Waals surface area contributed by atoms with Gasteiger partial charge in [-0.15, -0.1) is 0 Å². The Balaban J connectivity index is 1.84. The summed E-state index contributed by atoms with van der Waals surface area (Å²) in [6, 6.07) is 5.93. The van der Waals surface area contributed by atoms with Crippen LogP contribution < -0.4 is 10.6 Å². The fourth-order valence-electron chi connectivity index (χ4n) is 3.03. The number of rotatable bonds is 7. The topological polar surface area (TPSA) is 58.5 Å². The van der Waals surface area contributed by atoms with Crippen molar-refractivity contribution in [3.63, 3.8) is 0 Å². The van der Waals surface area contributed by atoms with Crippen molar-refractivity contribution in [3.8, 4) is 0 Å². The van der Waals surface area contributed by atoms with Crippen LogP contribution in [-0.2, 0) is 11.3 Å². The zero-order valence-electron chi connectivity index (χ0n) is 14.5. The van der Waals surface area contributed by atoms with E-state index < -0.39 is 0 Å². The molecule has 23 heavy (non-hydrogen) atoms. The molecule has 1 fully saturated rings. The second-order valence-electron chi connectivity index (χ2n) is 6.19. The highest BCUT2D eigenvalue weighted by Crippen LogP contribution is 2.31. The van der Waals surface area contributed by atoms with Gasteiger partial charge in [0.2, 0.25) is 0 Å². The summed E-state index contributed by atoms with van der Waals surface area (Å²) >= 11 is 0. The highest BCUT2D eigenvalue weighted by atomic mass is 16.5. The molecule has 0 aromatic carbocycles. The lowest BCUT2D eigenvalue weighted by molar-refractivity contribution is -0.0657. The summed E-state index contributed by atoms with van der Waals surface area (Å²) in [6.07, 6.45) is 8.98. The van der Waals surface area contributed by atoms with E-state index in [1.165, 1.54) is 19.3 Å². The maximum atomic E-state index is 6.22. The lowest BCUT2D eigenvalue weighted by atomic mass is 9.84. The number of nitrogens with zero attached hydrogens (tertiary/aromatic N) is 2. The number of hydrogen-bond acceptors (Lipinski definition) is 3. The molecule has 5 heteroatoms. The van der Waals surface area contributed by atoms with Gasteiger partial charge in [0.1, 0.15) is 0 Å². The highest BCUT2D eigenvalue weighted by molar-refractivity contribution is 5.79. The molecule has 0 atom stereocenters. The Kier molecular flexibility index (Phi) is 7.33. The van der Waals surface area contributed by atoms with E-state index in [0.29, 0.717) is 6.54 Å². The molecule has 0 amide bonds. The Morgan fingerprint density at radius 3 is 2.74 bits per heavy atom. The molecular weight excluding hydrogens is 288 g/mol. The Bertz CT molecular complexity index is 469. The molecule has 1 heterocycles. The number of aromatic nitrogens is 1. The third kappa shape index (κ3) is 5.82. The van der Waals surface area contributed by atoms with Gasteiger partial charge in [0.05, 0.1) is 17.8 Å². The van der Waals surface area contributed by atoms with Gasteiger partial charge in [0, 0.05) is 26.4 Å². The van der Waals surface area contributed by atoms with E-state index in [4.69, 9.17) is 4.74 Å². The summed E-state index contributed by atoms with van der Waals surface area (Å²) in [5, 5.41) is 6.76. The fraction of sp³-hybridized carbons (Fsp3) is 0.667. The molecule has 1 saturated carbocycles. The van der Waals surface area contributed by atoms with Crippen molar-refractivity contribution in [3.05, 3.63) is 30.1 Å². The lowest BCUT2D eigenvalue weighted by Gasteiger charge is -2.37. The SMILES string of the molecule is CCCOC1(CNC(=NC)NCc2ccccn2)CCCCC1. The van der Waals surface area contributed by atoms with Crippen molar-refractivity contribution >= 4 is 5.96 Å². The summed E-state index contributed by atoms with van der Waals surface area (Å²) in [7, 11) is 1.80. The summed E-state index contributed by atoms with van der Waals surface area (Å²) < 4.78 is 6.22. The summed E-state index contributed by atoms with van der Waals surface area (Å²) in [5.74, 6) is 0.806. The molecule has 1 aliphatic rings. The number of aliphatic imine (C=N–C) groups is 1. The van der Waals surface area contributed by atoms with Crippen molar-refractivity contribution in [2.75, 3.05) is 20.2 Å². The predicted molar refractivity (Wildman–Crippen MR) is 94.5 cm³/mol. The molecule has 5 nitrogen and oxygen atoms in total. The Labute approximate surface area is 139 Å². The minimum absolute atomic E-state index is 0.0309. The zero-order valence-corrected chi connectivity index (χ0v) is 14.5. The van der Waals surface area contributed by atoms with Gasteiger partial charge >= 0.3 is 0 Å². The van der Waals surface area contributed by atoms with E-state index in [2.05, 4.69) is 27.5 Å². The largest absolute Gasteiger partial charge is 0.373 e. The fourth-order valence-corrected chi connectivity index (χ4v) is 3.03. The van der Waals surface area contributed by atoms with E-state index in [-0.39, 0.29) is 5.60 Å². The number of nitrogens with one attached hydrogen (secondary N) is 2. The molecule has 0 aliphatic heterocycles. The van der Waals surface area contributed by atoms with Crippen molar-refractivity contribution in [1.82, 2.24) is 15.6 Å². The first-order valence-electron chi connectivity index (χ1n) is 8.76. The zero-order chi connectivity index (χ0) is 16.4. The monoisotopic (exact) mass is 318 g/mol. The van der Waals surface area contributed by atoms with Crippen molar-refractivity contribution in [1.29, 1.82) is 0 Å². The standard InChI is InChI=1S/C18H30N4O/c1-3-13-23-18(10-6-4-7-11-18)15-22-17(19-2)21-14-16-9-5-8-12-20-16/h5,8-9,12H,3-4,6-7,10-11,13-15H2,1-2H3,(H2,19,21,22). The van der Waals surface area contributed by atoms with Gasteiger partial charge in [-0.25, -0.2) is 0 Å². The van der Waals surface area contributed by atoms with Crippen molar-refractivity contribution < 1.29 is 4.74 Å². The molecule has 2 N–H and O–H groups in total. The molecule has 1 aromatic rings. The average Bonchev–Trinajstić information content (AvgIpc) is 2.62. The van der Waals surface area contributed by atoms with E-state index >= 15 is 0 Å². The third-order valence-corrected chi connectivity index (χ3v) is 4.34. The summed E-state index contributed by atoms with van der Waals surface area (Å²) in [5.41, 5.74) is 0.974. The molecule has 128 valence electrons. The quantitative estimate of drug-likeness (QED) is 0.599. The molecule has 0 saturated heterocycles. The van der Waals surface area contributed by atoms with Gasteiger partial charge in [-0.1, -0.05) is 32.3 Å². The van der Waals surface area contributed by atoms with Crippen molar-refractivity contribution in [2.24, 2.45) is 4.99 Å². The van der Waals surface area contributed by atoms with E-state index in [1.807, 2.05) is 24.4 Å². The van der Waals surface area contributed by atoms with E-state index in [9.17, 15) is 0 Å². The maximum Gasteiger partial charge on any atom is 0.191 e. The Morgan fingerprint density at radius 1 is 1.26 bits per heavy atom. The van der Waals surface area contributed by atoms with Gasteiger partial charge in [0.15, 0.2) is 5.96 Å². The smallest absolute Gasteiger partial charge is 0.191 e. The van der Waals surface area contributed by atoms with Gasteiger partial charge in [-0.05, 0) is 31.4 Å². The Hall–Kier alpha value is -1.62. The van der Waals surface area contributed by atoms with Crippen LogP contribution in [0, 0.1) is 0 Å². The second-order valence-corrected chi connectivity index (χ2v) is 6.19. The molecule has 0 unspecified atom stereocenters. The maximum absolute atomic E-state index is 6.22. The molecule has 1 aromatic heterocycles. The summed E-state index contributed by atoms with van der Waals surface area (Å²) in [6.45, 7) is 4.48. The van der Waals surface area contributed by atoms with Crippen LogP contribution >= 0.6 is 0 Å². The van der Waals surface area contributed by atoms with Crippen LogP contribution in [0.1, 0.15) is 51.1 Å². The van der Waals surface area contributed by atoms with Gasteiger partial charge in [-0.3, -0.25) is 9.98 Å². The van der Waals surface area contributed by atoms with Crippen molar-refractivity contribution in [2.45, 2.75) is 57.6 Å². The lowest BCUT2D eigenvalue weighted by Crippen LogP contribution is -2.49. The molecule has 0 radical (unpaired) electrons. The first kappa shape index (κ1) is 17.7. The first-order valence-corrected chi connectivity index (χ1v) is 8.76. The van der Waals surface area contributed by atoms with Gasteiger partial charge < -0.3 is 15.4 Å². The van der Waals surface area contributed by atoms with Crippen LogP contribution in [0.25, 0.3) is 0 Å². The number of guanidine groups is 1. The first-order chi connectivity index (χ1) is 11.3. The summed E-state index contributed by atoms with van der Waals surface area (Å²) in [4.78, 5) is 8.63. The number of hydrogen-bond donors (Lipinski definition) is 2. The highest BCUT2D eigenvalue weighted by Gasteiger charge is 2.32. The number of pyridine rings is 1. The minimum atomic E-state index is -0.0309. The second kappa shape index (κ2) is 9.50. The van der Waals surface area contributed by atoms with Crippen LogP contribution in [0.5, 0.6) is 0 Å². The van der Waals surface area contributed by atoms with Crippen LogP contribution in [0.2, 0.25) is 0 Å². The minimum Gasteiger partial charge on any atom is -0.373 e. The Morgan fingerprint density at radius 2 is 2.09 bits per heavy atom. The number of ether oxygens (including phenoxy) is 1. The van der Waals surface area contributed by atoms with Crippen LogP contribution in [0.15, 0.2) is 29.4 Å². The molecule has 0 spiro atoms. The van der Waals surface area contributed by atoms with E-state index in [1.54, 1.807) is 7.05 Å².